The van der Waals surface area contributed by atoms with E-state index in [1.165, 1.54) is 13.2 Å². The van der Waals surface area contributed by atoms with Crippen LogP contribution in [0.25, 0.3) is 22.3 Å². The fourth-order valence-electron chi connectivity index (χ4n) is 2.39. The van der Waals surface area contributed by atoms with E-state index in [0.29, 0.717) is 28.2 Å². The first-order valence-electron chi connectivity index (χ1n) is 6.71. The molecule has 3 rings (SSSR count). The molecule has 0 fully saturated rings. The maximum absolute atomic E-state index is 13.8. The van der Waals surface area contributed by atoms with E-state index >= 15 is 0 Å². The average molecular weight is 302 g/mol. The van der Waals surface area contributed by atoms with Gasteiger partial charge in [-0.3, -0.25) is 0 Å². The van der Waals surface area contributed by atoms with Crippen molar-refractivity contribution in [2.45, 2.75) is 6.61 Å². The molecule has 1 N–H and O–H groups in total. The molecular weight excluding hydrogens is 287 g/mol. The molecule has 1 aromatic heterocycles. The van der Waals surface area contributed by atoms with E-state index in [4.69, 9.17) is 13.9 Å². The largest absolute Gasteiger partial charge is 0.497 e. The molecule has 0 spiro atoms. The van der Waals surface area contributed by atoms with Crippen molar-refractivity contribution in [1.29, 1.82) is 0 Å². The third-order valence-corrected chi connectivity index (χ3v) is 3.51. The third kappa shape index (κ3) is 2.40. The Hall–Kier alpha value is -2.53. The van der Waals surface area contributed by atoms with Gasteiger partial charge in [0.15, 0.2) is 11.6 Å². The highest BCUT2D eigenvalue weighted by molar-refractivity contribution is 5.86. The zero-order valence-electron chi connectivity index (χ0n) is 12.2. The van der Waals surface area contributed by atoms with Crippen LogP contribution in [0.3, 0.4) is 0 Å². The maximum atomic E-state index is 13.8. The summed E-state index contributed by atoms with van der Waals surface area (Å²) >= 11 is 0. The molecule has 0 radical (unpaired) electrons. The van der Waals surface area contributed by atoms with Crippen molar-refractivity contribution < 1.29 is 23.4 Å². The van der Waals surface area contributed by atoms with Gasteiger partial charge in [0.1, 0.15) is 17.1 Å². The summed E-state index contributed by atoms with van der Waals surface area (Å²) in [5.41, 5.74) is 1.78. The Morgan fingerprint density at radius 2 is 1.91 bits per heavy atom. The van der Waals surface area contributed by atoms with Crippen LogP contribution >= 0.6 is 0 Å². The fraction of sp³-hybridized carbons (Fsp3) is 0.176. The number of methoxy groups -OCH3 is 2. The molecule has 0 saturated carbocycles. The highest BCUT2D eigenvalue weighted by Gasteiger charge is 2.13. The average Bonchev–Trinajstić information content (AvgIpc) is 2.97. The standard InChI is InChI=1S/C17H15FO4/c1-20-13-5-11-8-16(22-17(11)12(6-13)9-19)10-3-4-15(21-2)14(18)7-10/h3-8,19H,9H2,1-2H3. The highest BCUT2D eigenvalue weighted by Crippen LogP contribution is 2.34. The van der Waals surface area contributed by atoms with Crippen LogP contribution in [0.2, 0.25) is 0 Å². The summed E-state index contributed by atoms with van der Waals surface area (Å²) in [6.45, 7) is -0.169. The predicted octanol–water partition coefficient (Wildman–Crippen LogP) is 3.75. The van der Waals surface area contributed by atoms with E-state index in [1.54, 1.807) is 37.4 Å². The van der Waals surface area contributed by atoms with E-state index in [-0.39, 0.29) is 12.4 Å². The van der Waals surface area contributed by atoms with Crippen molar-refractivity contribution in [2.75, 3.05) is 14.2 Å². The molecule has 2 aromatic carbocycles. The van der Waals surface area contributed by atoms with Gasteiger partial charge in [0, 0.05) is 16.5 Å². The van der Waals surface area contributed by atoms with Gasteiger partial charge >= 0.3 is 0 Å². The predicted molar refractivity (Wildman–Crippen MR) is 80.6 cm³/mol. The van der Waals surface area contributed by atoms with Crippen LogP contribution in [-0.2, 0) is 6.61 Å². The summed E-state index contributed by atoms with van der Waals surface area (Å²) in [5, 5.41) is 10.2. The van der Waals surface area contributed by atoms with Crippen LogP contribution in [0.5, 0.6) is 11.5 Å². The Bertz CT molecular complexity index is 823. The first kappa shape index (κ1) is 14.4. The molecule has 1 heterocycles. The Morgan fingerprint density at radius 1 is 1.09 bits per heavy atom. The molecule has 114 valence electrons. The molecule has 0 amide bonds. The van der Waals surface area contributed by atoms with Gasteiger partial charge in [0.2, 0.25) is 0 Å². The molecule has 5 heteroatoms. The monoisotopic (exact) mass is 302 g/mol. The number of hydrogen-bond donors (Lipinski definition) is 1. The van der Waals surface area contributed by atoms with Gasteiger partial charge in [0.25, 0.3) is 0 Å². The summed E-state index contributed by atoms with van der Waals surface area (Å²) in [6, 6.07) is 9.93. The van der Waals surface area contributed by atoms with Gasteiger partial charge < -0.3 is 19.0 Å². The number of ether oxygens (including phenoxy) is 2. The first-order valence-corrected chi connectivity index (χ1v) is 6.71. The first-order chi connectivity index (χ1) is 10.7. The van der Waals surface area contributed by atoms with Crippen molar-refractivity contribution in [3.8, 4) is 22.8 Å². The van der Waals surface area contributed by atoms with Gasteiger partial charge in [-0.1, -0.05) is 0 Å². The highest BCUT2D eigenvalue weighted by atomic mass is 19.1. The fourth-order valence-corrected chi connectivity index (χ4v) is 2.39. The molecule has 0 atom stereocenters. The van der Waals surface area contributed by atoms with Crippen LogP contribution < -0.4 is 9.47 Å². The van der Waals surface area contributed by atoms with Crippen LogP contribution in [0.15, 0.2) is 40.8 Å². The summed E-state index contributed by atoms with van der Waals surface area (Å²) in [5.74, 6) is 0.863. The Balaban J connectivity index is 2.14. The molecule has 0 unspecified atom stereocenters. The number of furan rings is 1. The zero-order chi connectivity index (χ0) is 15.7. The molecule has 0 saturated heterocycles. The van der Waals surface area contributed by atoms with E-state index in [0.717, 1.165) is 5.39 Å². The van der Waals surface area contributed by atoms with Crippen molar-refractivity contribution >= 4 is 11.0 Å². The zero-order valence-corrected chi connectivity index (χ0v) is 12.2. The molecule has 0 aliphatic rings. The smallest absolute Gasteiger partial charge is 0.165 e. The Morgan fingerprint density at radius 3 is 2.55 bits per heavy atom. The van der Waals surface area contributed by atoms with Gasteiger partial charge in [-0.05, 0) is 36.4 Å². The summed E-state index contributed by atoms with van der Waals surface area (Å²) in [7, 11) is 2.97. The van der Waals surface area contributed by atoms with Crippen molar-refractivity contribution in [3.63, 3.8) is 0 Å². The normalized spacial score (nSPS) is 10.9. The summed E-state index contributed by atoms with van der Waals surface area (Å²) in [6.07, 6.45) is 0. The lowest BCUT2D eigenvalue weighted by atomic mass is 10.1. The van der Waals surface area contributed by atoms with E-state index in [9.17, 15) is 9.50 Å². The van der Waals surface area contributed by atoms with Crippen LogP contribution in [0.1, 0.15) is 5.56 Å². The quantitative estimate of drug-likeness (QED) is 0.797. The van der Waals surface area contributed by atoms with E-state index in [1.807, 2.05) is 0 Å². The Kier molecular flexibility index (Phi) is 3.73. The SMILES string of the molecule is COc1cc(CO)c2oc(-c3ccc(OC)c(F)c3)cc2c1. The van der Waals surface area contributed by atoms with Gasteiger partial charge in [-0.25, -0.2) is 4.39 Å². The van der Waals surface area contributed by atoms with Crippen LogP contribution in [-0.4, -0.2) is 19.3 Å². The molecule has 22 heavy (non-hydrogen) atoms. The second-order valence-electron chi connectivity index (χ2n) is 4.82. The van der Waals surface area contributed by atoms with Gasteiger partial charge in [0.05, 0.1) is 20.8 Å². The minimum absolute atomic E-state index is 0.169. The Labute approximate surface area is 126 Å². The van der Waals surface area contributed by atoms with Crippen molar-refractivity contribution in [1.82, 2.24) is 0 Å². The van der Waals surface area contributed by atoms with Crippen molar-refractivity contribution in [2.24, 2.45) is 0 Å². The molecule has 0 bridgehead atoms. The summed E-state index contributed by atoms with van der Waals surface area (Å²) < 4.78 is 29.7. The lowest BCUT2D eigenvalue weighted by Crippen LogP contribution is -1.88. The number of halogens is 1. The van der Waals surface area contributed by atoms with E-state index in [2.05, 4.69) is 0 Å². The molecule has 0 aliphatic heterocycles. The third-order valence-electron chi connectivity index (χ3n) is 3.51. The number of aliphatic hydroxyl groups excluding tert-OH is 1. The van der Waals surface area contributed by atoms with Crippen LogP contribution in [0, 0.1) is 5.82 Å². The molecule has 3 aromatic rings. The lowest BCUT2D eigenvalue weighted by molar-refractivity contribution is 0.281. The van der Waals surface area contributed by atoms with Crippen LogP contribution in [0.4, 0.5) is 4.39 Å². The van der Waals surface area contributed by atoms with Crippen molar-refractivity contribution in [3.05, 3.63) is 47.8 Å². The second kappa shape index (κ2) is 5.69. The number of fused-ring (bicyclic) bond motifs is 1. The number of aliphatic hydroxyl groups is 1. The lowest BCUT2D eigenvalue weighted by Gasteiger charge is -2.03. The topological polar surface area (TPSA) is 51.8 Å². The van der Waals surface area contributed by atoms with Gasteiger partial charge in [-0.2, -0.15) is 0 Å². The minimum atomic E-state index is -0.458. The number of rotatable bonds is 4. The van der Waals surface area contributed by atoms with E-state index < -0.39 is 5.82 Å². The summed E-state index contributed by atoms with van der Waals surface area (Å²) in [4.78, 5) is 0. The minimum Gasteiger partial charge on any atom is -0.497 e. The van der Waals surface area contributed by atoms with Gasteiger partial charge in [-0.15, -0.1) is 0 Å². The number of benzene rings is 2. The maximum Gasteiger partial charge on any atom is 0.165 e. The second-order valence-corrected chi connectivity index (χ2v) is 4.82. The number of hydrogen-bond acceptors (Lipinski definition) is 4. The molecular formula is C17H15FO4. The molecule has 0 aliphatic carbocycles. The molecule has 4 nitrogen and oxygen atoms in total.